The first-order chi connectivity index (χ1) is 16.0. The molecular weight excluding hydrogens is 418 g/mol. The third-order valence-corrected chi connectivity index (χ3v) is 6.52. The first-order valence-corrected chi connectivity index (χ1v) is 12.3. The Morgan fingerprint density at radius 2 is 2.00 bits per heavy atom. The number of ether oxygens (including phenoxy) is 1. The molecule has 2 rings (SSSR count). The van der Waals surface area contributed by atoms with Crippen LogP contribution in [0.25, 0.3) is 0 Å². The normalized spacial score (nSPS) is 23.5. The van der Waals surface area contributed by atoms with Crippen LogP contribution in [0.4, 0.5) is 0 Å². The maximum Gasteiger partial charge on any atom is 0.305 e. The molecule has 0 bridgehead atoms. The SMILES string of the molecule is CCCCCC(O)c1ccc([C@@H]2[C@@H](C/C=C\CCCC(=O)OCCO)[C@H](C#N)C[C@H]2O)cc1. The Morgan fingerprint density at radius 1 is 1.24 bits per heavy atom. The Balaban J connectivity index is 1.94. The number of nitrogens with zero attached hydrogens (tertiary/aromatic N) is 1. The summed E-state index contributed by atoms with van der Waals surface area (Å²) in [5.74, 6) is -0.600. The second-order valence-electron chi connectivity index (χ2n) is 8.95. The molecule has 5 atom stereocenters. The van der Waals surface area contributed by atoms with Gasteiger partial charge in [-0.15, -0.1) is 0 Å². The van der Waals surface area contributed by atoms with Gasteiger partial charge in [0.25, 0.3) is 0 Å². The minimum Gasteiger partial charge on any atom is -0.463 e. The van der Waals surface area contributed by atoms with Crippen molar-refractivity contribution in [1.29, 1.82) is 5.26 Å². The monoisotopic (exact) mass is 457 g/mol. The van der Waals surface area contributed by atoms with Crippen molar-refractivity contribution in [1.82, 2.24) is 0 Å². The molecule has 1 aliphatic carbocycles. The molecule has 3 N–H and O–H groups in total. The van der Waals surface area contributed by atoms with Gasteiger partial charge in [0.15, 0.2) is 0 Å². The van der Waals surface area contributed by atoms with Crippen LogP contribution in [0.2, 0.25) is 0 Å². The lowest BCUT2D eigenvalue weighted by molar-refractivity contribution is -0.144. The van der Waals surface area contributed by atoms with Gasteiger partial charge in [0.05, 0.1) is 30.8 Å². The largest absolute Gasteiger partial charge is 0.463 e. The van der Waals surface area contributed by atoms with Gasteiger partial charge in [-0.05, 0) is 49.1 Å². The molecule has 0 aromatic heterocycles. The Kier molecular flexibility index (Phi) is 12.2. The minimum absolute atomic E-state index is 0.0242. The number of esters is 1. The summed E-state index contributed by atoms with van der Waals surface area (Å²) >= 11 is 0. The van der Waals surface area contributed by atoms with Gasteiger partial charge in [0.2, 0.25) is 0 Å². The van der Waals surface area contributed by atoms with Crippen LogP contribution in [0.3, 0.4) is 0 Å². The molecule has 0 radical (unpaired) electrons. The summed E-state index contributed by atoms with van der Waals surface area (Å²) in [7, 11) is 0. The maximum absolute atomic E-state index is 11.5. The summed E-state index contributed by atoms with van der Waals surface area (Å²) in [5.41, 5.74) is 1.91. The molecule has 1 aromatic rings. The smallest absolute Gasteiger partial charge is 0.305 e. The molecule has 0 spiro atoms. The number of aliphatic hydroxyl groups excluding tert-OH is 3. The van der Waals surface area contributed by atoms with Crippen LogP contribution in [0, 0.1) is 23.2 Å². The van der Waals surface area contributed by atoms with Crippen molar-refractivity contribution in [2.75, 3.05) is 13.2 Å². The van der Waals surface area contributed by atoms with Gasteiger partial charge in [-0.2, -0.15) is 5.26 Å². The number of aliphatic hydroxyl groups is 3. The molecule has 1 fully saturated rings. The minimum atomic E-state index is -0.560. The molecule has 1 aliphatic rings. The summed E-state index contributed by atoms with van der Waals surface area (Å²) in [6.07, 6.45) is 9.90. The standard InChI is InChI=1S/C27H39NO5/c1-2-3-6-10-24(30)20-12-14-21(15-13-20)27-23(22(19-28)18-25(27)31)9-7-4-5-8-11-26(32)33-17-16-29/h4,7,12-15,22-25,27,29-31H,2-3,5-6,8-11,16-18H2,1H3/b7-4-/t22-,23-,24?,25+,27+/m0/s1. The van der Waals surface area contributed by atoms with Crippen molar-refractivity contribution in [3.8, 4) is 6.07 Å². The van der Waals surface area contributed by atoms with Crippen molar-refractivity contribution in [3.05, 3.63) is 47.5 Å². The van der Waals surface area contributed by atoms with E-state index < -0.39 is 12.2 Å². The molecule has 1 unspecified atom stereocenters. The molecule has 0 aliphatic heterocycles. The Morgan fingerprint density at radius 3 is 2.67 bits per heavy atom. The fraction of sp³-hybridized carbons (Fsp3) is 0.630. The second-order valence-corrected chi connectivity index (χ2v) is 8.95. The summed E-state index contributed by atoms with van der Waals surface area (Å²) in [6, 6.07) is 10.2. The lowest BCUT2D eigenvalue weighted by atomic mass is 9.82. The van der Waals surface area contributed by atoms with Crippen LogP contribution in [0.5, 0.6) is 0 Å². The predicted molar refractivity (Wildman–Crippen MR) is 127 cm³/mol. The van der Waals surface area contributed by atoms with E-state index in [0.717, 1.165) is 43.2 Å². The molecule has 0 heterocycles. The highest BCUT2D eigenvalue weighted by Gasteiger charge is 2.42. The second kappa shape index (κ2) is 14.8. The number of benzene rings is 1. The van der Waals surface area contributed by atoms with Crippen LogP contribution in [-0.4, -0.2) is 40.6 Å². The summed E-state index contributed by atoms with van der Waals surface area (Å²) in [4.78, 5) is 11.5. The molecule has 6 heteroatoms. The molecule has 0 saturated heterocycles. The fourth-order valence-corrected chi connectivity index (χ4v) is 4.71. The van der Waals surface area contributed by atoms with E-state index in [1.807, 2.05) is 36.4 Å². The Labute approximate surface area is 197 Å². The maximum atomic E-state index is 11.5. The molecule has 0 amide bonds. The Bertz CT molecular complexity index is 770. The lowest BCUT2D eigenvalue weighted by Crippen LogP contribution is -2.18. The van der Waals surface area contributed by atoms with Crippen molar-refractivity contribution in [2.24, 2.45) is 11.8 Å². The van der Waals surface area contributed by atoms with E-state index >= 15 is 0 Å². The van der Waals surface area contributed by atoms with E-state index in [4.69, 9.17) is 9.84 Å². The molecule has 33 heavy (non-hydrogen) atoms. The number of unbranched alkanes of at least 4 members (excludes halogenated alkanes) is 3. The molecule has 182 valence electrons. The highest BCUT2D eigenvalue weighted by Crippen LogP contribution is 2.45. The van der Waals surface area contributed by atoms with Crippen LogP contribution in [0.1, 0.15) is 87.9 Å². The summed E-state index contributed by atoms with van der Waals surface area (Å²) < 4.78 is 4.84. The van der Waals surface area contributed by atoms with Crippen molar-refractivity contribution in [2.45, 2.75) is 82.8 Å². The van der Waals surface area contributed by atoms with E-state index in [1.165, 1.54) is 0 Å². The Hall–Kier alpha value is -2.20. The molecule has 1 saturated carbocycles. The van der Waals surface area contributed by atoms with E-state index in [0.29, 0.717) is 25.7 Å². The first-order valence-electron chi connectivity index (χ1n) is 12.3. The topological polar surface area (TPSA) is 111 Å². The van der Waals surface area contributed by atoms with E-state index in [9.17, 15) is 20.3 Å². The van der Waals surface area contributed by atoms with Gasteiger partial charge in [-0.25, -0.2) is 0 Å². The van der Waals surface area contributed by atoms with Gasteiger partial charge in [0, 0.05) is 12.3 Å². The van der Waals surface area contributed by atoms with Gasteiger partial charge >= 0.3 is 5.97 Å². The number of carbonyl (C=O) groups is 1. The third-order valence-electron chi connectivity index (χ3n) is 6.52. The van der Waals surface area contributed by atoms with Crippen molar-refractivity contribution >= 4 is 5.97 Å². The number of hydrogen-bond donors (Lipinski definition) is 3. The lowest BCUT2D eigenvalue weighted by Gasteiger charge is -2.23. The van der Waals surface area contributed by atoms with Gasteiger partial charge in [-0.3, -0.25) is 4.79 Å². The van der Waals surface area contributed by atoms with Crippen molar-refractivity contribution < 1.29 is 24.9 Å². The third kappa shape index (κ3) is 8.58. The van der Waals surface area contributed by atoms with Crippen molar-refractivity contribution in [3.63, 3.8) is 0 Å². The van der Waals surface area contributed by atoms with Crippen LogP contribution < -0.4 is 0 Å². The number of carbonyl (C=O) groups excluding carboxylic acids is 1. The molecular formula is C27H39NO5. The van der Waals surface area contributed by atoms with Gasteiger partial charge in [-0.1, -0.05) is 62.6 Å². The highest BCUT2D eigenvalue weighted by atomic mass is 16.5. The zero-order valence-corrected chi connectivity index (χ0v) is 19.7. The number of allylic oxidation sites excluding steroid dienone is 2. The average Bonchev–Trinajstić information content (AvgIpc) is 3.15. The molecule has 6 nitrogen and oxygen atoms in total. The van der Waals surface area contributed by atoms with E-state index in [2.05, 4.69) is 13.0 Å². The number of hydrogen-bond acceptors (Lipinski definition) is 6. The predicted octanol–water partition coefficient (Wildman–Crippen LogP) is 4.56. The average molecular weight is 458 g/mol. The number of rotatable bonds is 14. The van der Waals surface area contributed by atoms with Gasteiger partial charge < -0.3 is 20.1 Å². The van der Waals surface area contributed by atoms with Crippen LogP contribution in [-0.2, 0) is 9.53 Å². The fourth-order valence-electron chi connectivity index (χ4n) is 4.71. The molecule has 1 aromatic carbocycles. The van der Waals surface area contributed by atoms with E-state index in [-0.39, 0.29) is 36.9 Å². The number of nitriles is 1. The zero-order valence-electron chi connectivity index (χ0n) is 19.7. The van der Waals surface area contributed by atoms with Crippen LogP contribution in [0.15, 0.2) is 36.4 Å². The van der Waals surface area contributed by atoms with Gasteiger partial charge in [0.1, 0.15) is 6.61 Å². The van der Waals surface area contributed by atoms with E-state index in [1.54, 1.807) is 0 Å². The first kappa shape index (κ1) is 27.0. The highest BCUT2D eigenvalue weighted by molar-refractivity contribution is 5.69. The summed E-state index contributed by atoms with van der Waals surface area (Å²) in [5, 5.41) is 39.4. The summed E-state index contributed by atoms with van der Waals surface area (Å²) in [6.45, 7) is 2.02. The zero-order chi connectivity index (χ0) is 24.1. The van der Waals surface area contributed by atoms with Crippen LogP contribution >= 0.6 is 0 Å². The quantitative estimate of drug-likeness (QED) is 0.215.